The lowest BCUT2D eigenvalue weighted by molar-refractivity contribution is 0.687. The Morgan fingerprint density at radius 3 is 2.93 bits per heavy atom. The van der Waals surface area contributed by atoms with Gasteiger partial charge >= 0.3 is 0 Å². The van der Waals surface area contributed by atoms with E-state index in [-0.39, 0.29) is 0 Å². The van der Waals surface area contributed by atoms with Gasteiger partial charge in [-0.2, -0.15) is 0 Å². The minimum absolute atomic E-state index is 0.898. The molecule has 0 saturated carbocycles. The van der Waals surface area contributed by atoms with Gasteiger partial charge in [0, 0.05) is 19.3 Å². The summed E-state index contributed by atoms with van der Waals surface area (Å²) in [5.41, 5.74) is 0. The summed E-state index contributed by atoms with van der Waals surface area (Å²) in [5, 5.41) is 6.57. The van der Waals surface area contributed by atoms with Gasteiger partial charge in [-0.15, -0.1) is 0 Å². The van der Waals surface area contributed by atoms with Crippen LogP contribution < -0.4 is 10.6 Å². The molecular formula is C10H16BrN3. The summed E-state index contributed by atoms with van der Waals surface area (Å²) in [4.78, 5) is 4.21. The minimum Gasteiger partial charge on any atom is -0.368 e. The molecular weight excluding hydrogens is 242 g/mol. The summed E-state index contributed by atoms with van der Waals surface area (Å²) in [6, 6.07) is 3.89. The van der Waals surface area contributed by atoms with Crippen LogP contribution in [0.3, 0.4) is 0 Å². The molecule has 1 rings (SSSR count). The molecule has 4 heteroatoms. The number of anilines is 1. The first-order valence-electron chi connectivity index (χ1n) is 4.89. The third kappa shape index (κ3) is 4.07. The second-order valence-electron chi connectivity index (χ2n) is 3.01. The SMILES string of the molecule is CCCNCCNc1ncccc1Br. The van der Waals surface area contributed by atoms with Crippen molar-refractivity contribution in [2.45, 2.75) is 13.3 Å². The van der Waals surface area contributed by atoms with Crippen molar-refractivity contribution in [3.05, 3.63) is 22.8 Å². The van der Waals surface area contributed by atoms with Crippen LogP contribution in [0, 0.1) is 0 Å². The van der Waals surface area contributed by atoms with Gasteiger partial charge in [0.1, 0.15) is 5.82 Å². The highest BCUT2D eigenvalue weighted by Gasteiger charge is 1.97. The lowest BCUT2D eigenvalue weighted by Gasteiger charge is -2.07. The molecule has 1 aromatic rings. The van der Waals surface area contributed by atoms with Gasteiger partial charge < -0.3 is 10.6 Å². The van der Waals surface area contributed by atoms with E-state index in [9.17, 15) is 0 Å². The zero-order valence-corrected chi connectivity index (χ0v) is 9.97. The molecule has 0 aliphatic heterocycles. The van der Waals surface area contributed by atoms with Gasteiger partial charge in [-0.05, 0) is 41.0 Å². The number of aromatic nitrogens is 1. The minimum atomic E-state index is 0.898. The topological polar surface area (TPSA) is 37.0 Å². The van der Waals surface area contributed by atoms with Crippen molar-refractivity contribution in [3.8, 4) is 0 Å². The van der Waals surface area contributed by atoms with E-state index in [1.54, 1.807) is 6.20 Å². The quantitative estimate of drug-likeness (QED) is 0.768. The van der Waals surface area contributed by atoms with E-state index in [0.717, 1.165) is 29.9 Å². The van der Waals surface area contributed by atoms with Gasteiger partial charge in [0.2, 0.25) is 0 Å². The number of nitrogens with one attached hydrogen (secondary N) is 2. The fraction of sp³-hybridized carbons (Fsp3) is 0.500. The molecule has 0 amide bonds. The van der Waals surface area contributed by atoms with Gasteiger partial charge in [-0.1, -0.05) is 6.92 Å². The van der Waals surface area contributed by atoms with Crippen molar-refractivity contribution in [3.63, 3.8) is 0 Å². The van der Waals surface area contributed by atoms with Crippen LogP contribution in [0.1, 0.15) is 13.3 Å². The summed E-state index contributed by atoms with van der Waals surface area (Å²) in [6.45, 7) is 5.10. The maximum Gasteiger partial charge on any atom is 0.140 e. The Morgan fingerprint density at radius 2 is 2.21 bits per heavy atom. The lowest BCUT2D eigenvalue weighted by Crippen LogP contribution is -2.23. The predicted molar refractivity (Wildman–Crippen MR) is 63.6 cm³/mol. The highest BCUT2D eigenvalue weighted by molar-refractivity contribution is 9.10. The van der Waals surface area contributed by atoms with E-state index in [0.29, 0.717) is 0 Å². The molecule has 0 spiro atoms. The summed E-state index contributed by atoms with van der Waals surface area (Å²) in [5.74, 6) is 0.908. The summed E-state index contributed by atoms with van der Waals surface area (Å²) in [6.07, 6.45) is 2.96. The molecule has 0 aromatic carbocycles. The van der Waals surface area contributed by atoms with Crippen molar-refractivity contribution in [1.82, 2.24) is 10.3 Å². The lowest BCUT2D eigenvalue weighted by atomic mass is 10.4. The highest BCUT2D eigenvalue weighted by atomic mass is 79.9. The number of hydrogen-bond acceptors (Lipinski definition) is 3. The summed E-state index contributed by atoms with van der Waals surface area (Å²) < 4.78 is 1.01. The Kier molecular flexibility index (Phi) is 5.56. The van der Waals surface area contributed by atoms with Crippen molar-refractivity contribution < 1.29 is 0 Å². The fourth-order valence-electron chi connectivity index (χ4n) is 1.09. The van der Waals surface area contributed by atoms with Crippen LogP contribution in [-0.4, -0.2) is 24.6 Å². The number of pyridine rings is 1. The first-order valence-corrected chi connectivity index (χ1v) is 5.69. The van der Waals surface area contributed by atoms with Gasteiger partial charge in [-0.25, -0.2) is 4.98 Å². The van der Waals surface area contributed by atoms with Crippen molar-refractivity contribution >= 4 is 21.7 Å². The van der Waals surface area contributed by atoms with Crippen LogP contribution >= 0.6 is 15.9 Å². The van der Waals surface area contributed by atoms with Gasteiger partial charge in [0.15, 0.2) is 0 Å². The summed E-state index contributed by atoms with van der Waals surface area (Å²) >= 11 is 3.43. The number of halogens is 1. The molecule has 1 aromatic heterocycles. The van der Waals surface area contributed by atoms with E-state index in [1.165, 1.54) is 6.42 Å². The van der Waals surface area contributed by atoms with Crippen LogP contribution in [0.4, 0.5) is 5.82 Å². The number of hydrogen-bond donors (Lipinski definition) is 2. The van der Waals surface area contributed by atoms with E-state index in [4.69, 9.17) is 0 Å². The zero-order valence-electron chi connectivity index (χ0n) is 8.39. The van der Waals surface area contributed by atoms with Gasteiger partial charge in [0.25, 0.3) is 0 Å². The van der Waals surface area contributed by atoms with Crippen LogP contribution in [-0.2, 0) is 0 Å². The molecule has 0 atom stereocenters. The molecule has 2 N–H and O–H groups in total. The average molecular weight is 258 g/mol. The molecule has 0 radical (unpaired) electrons. The third-order valence-electron chi connectivity index (χ3n) is 1.78. The molecule has 14 heavy (non-hydrogen) atoms. The average Bonchev–Trinajstić information content (AvgIpc) is 2.20. The summed E-state index contributed by atoms with van der Waals surface area (Å²) in [7, 11) is 0. The second kappa shape index (κ2) is 6.79. The first-order chi connectivity index (χ1) is 6.84. The first kappa shape index (κ1) is 11.5. The van der Waals surface area contributed by atoms with Crippen LogP contribution in [0.15, 0.2) is 22.8 Å². The zero-order chi connectivity index (χ0) is 10.2. The second-order valence-corrected chi connectivity index (χ2v) is 3.86. The van der Waals surface area contributed by atoms with Crippen molar-refractivity contribution in [1.29, 1.82) is 0 Å². The monoisotopic (exact) mass is 257 g/mol. The van der Waals surface area contributed by atoms with Gasteiger partial charge in [0.05, 0.1) is 4.47 Å². The van der Waals surface area contributed by atoms with Crippen molar-refractivity contribution in [2.24, 2.45) is 0 Å². The Balaban J connectivity index is 2.21. The molecule has 0 aliphatic carbocycles. The molecule has 0 bridgehead atoms. The molecule has 3 nitrogen and oxygen atoms in total. The molecule has 0 unspecified atom stereocenters. The number of rotatable bonds is 6. The Morgan fingerprint density at radius 1 is 1.36 bits per heavy atom. The third-order valence-corrected chi connectivity index (χ3v) is 2.42. The Bertz CT molecular complexity index is 265. The highest BCUT2D eigenvalue weighted by Crippen LogP contribution is 2.17. The Labute approximate surface area is 93.4 Å². The predicted octanol–water partition coefficient (Wildman–Crippen LogP) is 2.26. The van der Waals surface area contributed by atoms with E-state index < -0.39 is 0 Å². The maximum atomic E-state index is 4.21. The van der Waals surface area contributed by atoms with E-state index in [2.05, 4.69) is 38.5 Å². The number of nitrogens with zero attached hydrogens (tertiary/aromatic N) is 1. The van der Waals surface area contributed by atoms with E-state index in [1.807, 2.05) is 12.1 Å². The van der Waals surface area contributed by atoms with Crippen LogP contribution in [0.2, 0.25) is 0 Å². The molecule has 0 saturated heterocycles. The smallest absolute Gasteiger partial charge is 0.140 e. The van der Waals surface area contributed by atoms with Crippen molar-refractivity contribution in [2.75, 3.05) is 25.0 Å². The van der Waals surface area contributed by atoms with Crippen LogP contribution in [0.25, 0.3) is 0 Å². The normalized spacial score (nSPS) is 10.1. The fourth-order valence-corrected chi connectivity index (χ4v) is 1.48. The molecule has 0 aliphatic rings. The standard InChI is InChI=1S/C10H16BrN3/c1-2-5-12-7-8-14-10-9(11)4-3-6-13-10/h3-4,6,12H,2,5,7-8H2,1H3,(H,13,14). The van der Waals surface area contributed by atoms with Crippen LogP contribution in [0.5, 0.6) is 0 Å². The largest absolute Gasteiger partial charge is 0.368 e. The molecule has 78 valence electrons. The Hall–Kier alpha value is -0.610. The van der Waals surface area contributed by atoms with E-state index >= 15 is 0 Å². The van der Waals surface area contributed by atoms with Gasteiger partial charge in [-0.3, -0.25) is 0 Å². The molecule has 1 heterocycles. The molecule has 0 fully saturated rings. The maximum absolute atomic E-state index is 4.21.